The highest BCUT2D eigenvalue weighted by Gasteiger charge is 2.48. The van der Waals surface area contributed by atoms with Crippen molar-refractivity contribution in [1.29, 1.82) is 0 Å². The first-order valence-corrected chi connectivity index (χ1v) is 10.7. The topological polar surface area (TPSA) is 64.2 Å². The number of rotatable bonds is 4. The van der Waals surface area contributed by atoms with E-state index in [4.69, 9.17) is 0 Å². The minimum atomic E-state index is -0.0349. The average molecular weight is 407 g/mol. The molecule has 1 fully saturated rings. The smallest absolute Gasteiger partial charge is 0.363 e. The number of aromatic nitrogens is 4. The third-order valence-corrected chi connectivity index (χ3v) is 6.63. The molecule has 30 heavy (non-hydrogen) atoms. The zero-order valence-electron chi connectivity index (χ0n) is 16.5. The van der Waals surface area contributed by atoms with Crippen LogP contribution in [0.2, 0.25) is 0 Å². The molecule has 0 aliphatic carbocycles. The second-order valence-corrected chi connectivity index (χ2v) is 8.29. The van der Waals surface area contributed by atoms with Gasteiger partial charge < -0.3 is 13.7 Å². The van der Waals surface area contributed by atoms with Crippen LogP contribution in [-0.2, 0) is 0 Å². The molecule has 0 spiro atoms. The van der Waals surface area contributed by atoms with Crippen LogP contribution < -0.4 is 19.9 Å². The second kappa shape index (κ2) is 8.17. The summed E-state index contributed by atoms with van der Waals surface area (Å²) in [6, 6.07) is 31.6. The Bertz CT molecular complexity index is 1070. The number of aromatic amines is 1. The fraction of sp³-hybridized carbons (Fsp3) is 0.0500. The number of nitrogens with zero attached hydrogens (tertiary/aromatic N) is 6. The Hall–Kier alpha value is -3.36. The van der Waals surface area contributed by atoms with Crippen molar-refractivity contribution < 1.29 is 0 Å². The minimum Gasteiger partial charge on any atom is -0.409 e. The fourth-order valence-corrected chi connectivity index (χ4v) is 5.50. The summed E-state index contributed by atoms with van der Waals surface area (Å²) in [5, 5.41) is 15.0. The van der Waals surface area contributed by atoms with E-state index in [1.165, 1.54) is 10.9 Å². The first-order chi connectivity index (χ1) is 14.8. The van der Waals surface area contributed by atoms with E-state index in [1.54, 1.807) is 0 Å². The molecule has 2 radical (unpaired) electrons. The first-order valence-electron chi connectivity index (χ1n) is 9.78. The van der Waals surface area contributed by atoms with Gasteiger partial charge in [0, 0.05) is 5.69 Å². The molecular weight excluding hydrogens is 388 g/mol. The molecule has 10 heteroatoms. The zero-order valence-corrected chi connectivity index (χ0v) is 17.5. The Morgan fingerprint density at radius 1 is 0.733 bits per heavy atom. The number of nitrogens with one attached hydrogen (secondary N) is 1. The summed E-state index contributed by atoms with van der Waals surface area (Å²) in [5.41, 5.74) is 3.58. The van der Waals surface area contributed by atoms with Gasteiger partial charge in [-0.3, -0.25) is 0 Å². The molecule has 7 nitrogen and oxygen atoms in total. The molecule has 144 valence electrons. The van der Waals surface area contributed by atoms with Crippen molar-refractivity contribution in [3.05, 3.63) is 91.0 Å². The van der Waals surface area contributed by atoms with Crippen molar-refractivity contribution in [2.75, 3.05) is 16.0 Å². The van der Waals surface area contributed by atoms with E-state index in [2.05, 4.69) is 120 Å². The van der Waals surface area contributed by atoms with E-state index < -0.39 is 0 Å². The quantitative estimate of drug-likeness (QED) is 0.505. The monoisotopic (exact) mass is 407 g/mol. The van der Waals surface area contributed by atoms with Gasteiger partial charge in [-0.05, 0) is 35.3 Å². The lowest BCUT2D eigenvalue weighted by atomic mass is 9.53. The zero-order chi connectivity index (χ0) is 20.3. The van der Waals surface area contributed by atoms with Crippen LogP contribution in [0, 0.1) is 0 Å². The number of tetrazole rings is 1. The molecule has 1 N–H and O–H groups in total. The van der Waals surface area contributed by atoms with Crippen LogP contribution in [0.1, 0.15) is 0 Å². The second-order valence-electron chi connectivity index (χ2n) is 7.12. The number of para-hydroxylation sites is 1. The molecule has 4 aromatic rings. The van der Waals surface area contributed by atoms with Crippen LogP contribution in [0.3, 0.4) is 0 Å². The predicted octanol–water partition coefficient (Wildman–Crippen LogP) is 0.783. The maximum Gasteiger partial charge on any atom is 0.363 e. The van der Waals surface area contributed by atoms with Gasteiger partial charge in [0.25, 0.3) is 0 Å². The van der Waals surface area contributed by atoms with E-state index in [0.717, 1.165) is 5.69 Å². The highest BCUT2D eigenvalue weighted by molar-refractivity contribution is 7.01. The van der Waals surface area contributed by atoms with Gasteiger partial charge in [-0.2, -0.15) is 5.21 Å². The van der Waals surface area contributed by atoms with Crippen molar-refractivity contribution in [1.82, 2.24) is 25.3 Å². The molecule has 3 aromatic carbocycles. The van der Waals surface area contributed by atoms with Crippen molar-refractivity contribution in [2.45, 2.75) is 0 Å². The van der Waals surface area contributed by atoms with Gasteiger partial charge in [-0.15, -0.1) is 5.10 Å². The van der Waals surface area contributed by atoms with Crippen LogP contribution in [0.15, 0.2) is 91.0 Å². The molecule has 1 aromatic heterocycles. The van der Waals surface area contributed by atoms with E-state index in [1.807, 2.05) is 12.1 Å². The number of anilines is 2. The van der Waals surface area contributed by atoms with Gasteiger partial charge >= 0.3 is 23.8 Å². The predicted molar refractivity (Wildman–Crippen MR) is 123 cm³/mol. The molecule has 0 amide bonds. The SMILES string of the molecule is CN1B(c2ccccc2)N(c2ccccc2)[Si]N(c2nn[nH]n2)B1c1ccccc1. The molecule has 0 saturated carbocycles. The summed E-state index contributed by atoms with van der Waals surface area (Å²) >= 11 is 0. The van der Waals surface area contributed by atoms with Crippen LogP contribution in [-0.4, -0.2) is 56.2 Å². The number of H-pyrrole nitrogens is 1. The maximum absolute atomic E-state index is 4.31. The minimum absolute atomic E-state index is 0.0349. The summed E-state index contributed by atoms with van der Waals surface area (Å²) in [5.74, 6) is 0.585. The maximum atomic E-state index is 4.31. The van der Waals surface area contributed by atoms with E-state index in [9.17, 15) is 0 Å². The number of hydrogen-bond acceptors (Lipinski definition) is 6. The summed E-state index contributed by atoms with van der Waals surface area (Å²) < 4.78 is 6.96. The van der Waals surface area contributed by atoms with E-state index in [0.29, 0.717) is 15.8 Å². The molecule has 2 heterocycles. The van der Waals surface area contributed by atoms with Gasteiger partial charge in [-0.1, -0.05) is 84.0 Å². The highest BCUT2D eigenvalue weighted by atomic mass is 28.2. The van der Waals surface area contributed by atoms with Crippen molar-refractivity contribution >= 4 is 46.4 Å². The number of hydrogen-bond donors (Lipinski definition) is 1. The van der Waals surface area contributed by atoms with Crippen LogP contribution >= 0.6 is 0 Å². The lowest BCUT2D eigenvalue weighted by Crippen LogP contribution is -2.79. The van der Waals surface area contributed by atoms with Crippen molar-refractivity contribution in [3.8, 4) is 0 Å². The van der Waals surface area contributed by atoms with Gasteiger partial charge in [0.1, 0.15) is 0 Å². The van der Waals surface area contributed by atoms with Gasteiger partial charge in [0.15, 0.2) is 0 Å². The summed E-state index contributed by atoms with van der Waals surface area (Å²) in [4.78, 5) is 0. The highest BCUT2D eigenvalue weighted by Crippen LogP contribution is 2.23. The average Bonchev–Trinajstić information content (AvgIpc) is 3.35. The normalized spacial score (nSPS) is 15.0. The fourth-order valence-electron chi connectivity index (χ4n) is 3.94. The standard InChI is InChI=1S/C20H19B2N7Si/c1-27-21(17-11-5-2-6-12-17)28(19-15-9-4-10-16-19)30-29(20-23-25-26-24-20)22(27)18-13-7-3-8-14-18/h2-16H,1H3,(H,23,24,25,26). The number of benzene rings is 3. The molecule has 1 saturated heterocycles. The molecule has 1 aliphatic heterocycles. The van der Waals surface area contributed by atoms with Crippen LogP contribution in [0.25, 0.3) is 0 Å². The lowest BCUT2D eigenvalue weighted by Gasteiger charge is -2.49. The molecule has 0 atom stereocenters. The van der Waals surface area contributed by atoms with Crippen LogP contribution in [0.4, 0.5) is 11.6 Å². The molecule has 0 bridgehead atoms. The Morgan fingerprint density at radius 2 is 1.27 bits per heavy atom. The Balaban J connectivity index is 1.65. The molecule has 5 rings (SSSR count). The van der Waals surface area contributed by atoms with Crippen molar-refractivity contribution in [3.63, 3.8) is 0 Å². The molecular formula is C20H19B2N7Si. The molecule has 1 aliphatic rings. The van der Waals surface area contributed by atoms with Crippen LogP contribution in [0.5, 0.6) is 0 Å². The first kappa shape index (κ1) is 18.7. The molecule has 0 unspecified atom stereocenters. The van der Waals surface area contributed by atoms with Gasteiger partial charge in [-0.25, -0.2) is 0 Å². The van der Waals surface area contributed by atoms with Gasteiger partial charge in [0.05, 0.1) is 0 Å². The van der Waals surface area contributed by atoms with E-state index in [-0.39, 0.29) is 14.0 Å². The van der Waals surface area contributed by atoms with Crippen molar-refractivity contribution in [2.24, 2.45) is 0 Å². The summed E-state index contributed by atoms with van der Waals surface area (Å²) in [6.07, 6.45) is 0. The largest absolute Gasteiger partial charge is 0.409 e. The van der Waals surface area contributed by atoms with E-state index >= 15 is 0 Å². The van der Waals surface area contributed by atoms with Gasteiger partial charge in [0.2, 0.25) is 5.95 Å². The Morgan fingerprint density at radius 3 is 1.80 bits per heavy atom. The summed E-state index contributed by atoms with van der Waals surface area (Å²) in [7, 11) is 2.45. The lowest BCUT2D eigenvalue weighted by molar-refractivity contribution is 0.795. The Labute approximate surface area is 178 Å². The summed E-state index contributed by atoms with van der Waals surface area (Å²) in [6.45, 7) is 0.0209. The Kier molecular flexibility index (Phi) is 5.08. The third-order valence-electron chi connectivity index (χ3n) is 5.26. The third kappa shape index (κ3) is 3.40.